The summed E-state index contributed by atoms with van der Waals surface area (Å²) >= 11 is 12.7. The van der Waals surface area contributed by atoms with Crippen LogP contribution in [0, 0.1) is 0 Å². The number of hydrogen-bond acceptors (Lipinski definition) is 5. The van der Waals surface area contributed by atoms with E-state index in [0.717, 1.165) is 18.4 Å². The van der Waals surface area contributed by atoms with E-state index in [-0.39, 0.29) is 16.5 Å². The molecule has 136 valence electrons. The quantitative estimate of drug-likeness (QED) is 0.532. The van der Waals surface area contributed by atoms with Crippen molar-refractivity contribution in [1.29, 1.82) is 0 Å². The molecule has 26 heavy (non-hydrogen) atoms. The minimum atomic E-state index is -0.202. The second-order valence-electron chi connectivity index (χ2n) is 5.47. The van der Waals surface area contributed by atoms with Crippen LogP contribution in [0.5, 0.6) is 5.88 Å². The highest BCUT2D eigenvalue weighted by Crippen LogP contribution is 2.31. The number of rotatable bonds is 4. The van der Waals surface area contributed by atoms with E-state index in [1.807, 2.05) is 24.3 Å². The van der Waals surface area contributed by atoms with Crippen LogP contribution in [-0.2, 0) is 6.42 Å². The molecule has 0 aliphatic carbocycles. The van der Waals surface area contributed by atoms with Crippen molar-refractivity contribution >= 4 is 40.3 Å². The maximum absolute atomic E-state index is 11.1. The van der Waals surface area contributed by atoms with Gasteiger partial charge < -0.3 is 5.11 Å². The van der Waals surface area contributed by atoms with Crippen LogP contribution in [0.2, 0.25) is 10.0 Å². The summed E-state index contributed by atoms with van der Waals surface area (Å²) in [5, 5.41) is 11.3. The van der Waals surface area contributed by atoms with Gasteiger partial charge in [-0.05, 0) is 36.2 Å². The van der Waals surface area contributed by atoms with Gasteiger partial charge in [-0.1, -0.05) is 42.6 Å². The highest BCUT2D eigenvalue weighted by Gasteiger charge is 2.14. The number of benzene rings is 1. The minimum Gasteiger partial charge on any atom is -0.492 e. The monoisotopic (exact) mass is 408 g/mol. The highest BCUT2D eigenvalue weighted by molar-refractivity contribution is 7.17. The Balaban J connectivity index is 0.000000197. The van der Waals surface area contributed by atoms with Gasteiger partial charge in [0.05, 0.1) is 10.0 Å². The van der Waals surface area contributed by atoms with Crippen molar-refractivity contribution < 1.29 is 9.90 Å². The third-order valence-electron chi connectivity index (χ3n) is 3.36. The van der Waals surface area contributed by atoms with E-state index in [4.69, 9.17) is 23.2 Å². The molecule has 0 fully saturated rings. The Morgan fingerprint density at radius 3 is 2.54 bits per heavy atom. The fourth-order valence-corrected chi connectivity index (χ4v) is 3.30. The molecule has 0 bridgehead atoms. The number of hydrogen-bond donors (Lipinski definition) is 1. The lowest BCUT2D eigenvalue weighted by molar-refractivity contribution is 0.101. The van der Waals surface area contributed by atoms with Gasteiger partial charge in [0.2, 0.25) is 5.88 Å². The summed E-state index contributed by atoms with van der Waals surface area (Å²) in [4.78, 5) is 19.3. The summed E-state index contributed by atoms with van der Waals surface area (Å²) in [5.74, 6) is -0.383. The molecule has 3 aromatic rings. The fraction of sp³-hybridized carbons (Fsp3) is 0.211. The van der Waals surface area contributed by atoms with Crippen molar-refractivity contribution in [3.05, 3.63) is 63.2 Å². The molecule has 1 N–H and O–H groups in total. The van der Waals surface area contributed by atoms with Crippen LogP contribution in [0.15, 0.2) is 42.7 Å². The number of pyridine rings is 1. The molecule has 0 unspecified atom stereocenters. The van der Waals surface area contributed by atoms with Crippen molar-refractivity contribution in [3.8, 4) is 16.5 Å². The third kappa shape index (κ3) is 5.53. The van der Waals surface area contributed by atoms with E-state index in [1.165, 1.54) is 23.8 Å². The van der Waals surface area contributed by atoms with Gasteiger partial charge in [0, 0.05) is 24.9 Å². The van der Waals surface area contributed by atoms with Crippen molar-refractivity contribution in [2.45, 2.75) is 26.7 Å². The molecule has 0 aliphatic heterocycles. The first-order valence-corrected chi connectivity index (χ1v) is 9.54. The van der Waals surface area contributed by atoms with Crippen LogP contribution < -0.4 is 0 Å². The molecule has 0 saturated heterocycles. The third-order valence-corrected chi connectivity index (χ3v) is 5.29. The van der Waals surface area contributed by atoms with Gasteiger partial charge in [-0.15, -0.1) is 11.3 Å². The highest BCUT2D eigenvalue weighted by atomic mass is 35.5. The number of halogens is 2. The van der Waals surface area contributed by atoms with Crippen LogP contribution >= 0.6 is 34.5 Å². The summed E-state index contributed by atoms with van der Waals surface area (Å²) in [5.41, 5.74) is 2.05. The average Bonchev–Trinajstić information content (AvgIpc) is 3.02. The lowest BCUT2D eigenvalue weighted by atomic mass is 10.1. The Hall–Kier alpha value is -1.95. The molecule has 3 rings (SSSR count). The molecule has 0 radical (unpaired) electrons. The van der Waals surface area contributed by atoms with Gasteiger partial charge in [0.15, 0.2) is 5.78 Å². The molecule has 1 aromatic carbocycles. The first kappa shape index (κ1) is 20.4. The van der Waals surface area contributed by atoms with Gasteiger partial charge in [-0.2, -0.15) is 0 Å². The Bertz CT molecular complexity index is 883. The smallest absolute Gasteiger partial charge is 0.233 e. The lowest BCUT2D eigenvalue weighted by Gasteiger charge is -1.99. The molecule has 0 amide bonds. The van der Waals surface area contributed by atoms with E-state index in [9.17, 15) is 9.90 Å². The fourth-order valence-electron chi connectivity index (χ4n) is 2.14. The van der Waals surface area contributed by atoms with Crippen molar-refractivity contribution in [1.82, 2.24) is 9.97 Å². The van der Waals surface area contributed by atoms with Crippen molar-refractivity contribution in [3.63, 3.8) is 0 Å². The number of carbonyl (C=O) groups excluding carboxylic acids is 1. The van der Waals surface area contributed by atoms with Gasteiger partial charge >= 0.3 is 0 Å². The van der Waals surface area contributed by atoms with Gasteiger partial charge in [-0.3, -0.25) is 9.78 Å². The number of nitrogens with zero attached hydrogens (tertiary/aromatic N) is 2. The van der Waals surface area contributed by atoms with E-state index >= 15 is 0 Å². The Kier molecular flexibility index (Phi) is 7.57. The van der Waals surface area contributed by atoms with Gasteiger partial charge in [0.1, 0.15) is 9.88 Å². The van der Waals surface area contributed by atoms with E-state index in [2.05, 4.69) is 16.9 Å². The van der Waals surface area contributed by atoms with Crippen LogP contribution in [0.4, 0.5) is 0 Å². The minimum absolute atomic E-state index is 0.180. The molecule has 2 heterocycles. The number of aryl methyl sites for hydroxylation is 1. The molecule has 0 saturated carbocycles. The van der Waals surface area contributed by atoms with Crippen molar-refractivity contribution in [2.24, 2.45) is 0 Å². The zero-order valence-corrected chi connectivity index (χ0v) is 16.7. The summed E-state index contributed by atoms with van der Waals surface area (Å²) in [7, 11) is 0. The molecular weight excluding hydrogens is 391 g/mol. The number of thiazole rings is 1. The Morgan fingerprint density at radius 2 is 2.00 bits per heavy atom. The summed E-state index contributed by atoms with van der Waals surface area (Å²) in [6, 6.07) is 9.39. The molecule has 4 nitrogen and oxygen atoms in total. The average molecular weight is 409 g/mol. The summed E-state index contributed by atoms with van der Waals surface area (Å²) in [6.07, 6.45) is 5.50. The molecule has 0 atom stereocenters. The summed E-state index contributed by atoms with van der Waals surface area (Å²) in [6.45, 7) is 3.54. The van der Waals surface area contributed by atoms with E-state index in [1.54, 1.807) is 18.5 Å². The second-order valence-corrected chi connectivity index (χ2v) is 7.28. The lowest BCUT2D eigenvalue weighted by Crippen LogP contribution is -1.85. The largest absolute Gasteiger partial charge is 0.492 e. The van der Waals surface area contributed by atoms with Gasteiger partial charge in [0.25, 0.3) is 0 Å². The van der Waals surface area contributed by atoms with E-state index < -0.39 is 0 Å². The Labute approximate surface area is 166 Å². The molecular formula is C19H18Cl2N2O2S. The molecule has 0 aliphatic rings. The first-order chi connectivity index (χ1) is 12.4. The zero-order chi connectivity index (χ0) is 19.1. The first-order valence-electron chi connectivity index (χ1n) is 7.97. The van der Waals surface area contributed by atoms with Crippen LogP contribution in [0.25, 0.3) is 10.6 Å². The zero-order valence-electron chi connectivity index (χ0n) is 14.4. The number of Topliss-reactive ketones (excluding diaryl/α,β-unsaturated/α-hetero) is 1. The van der Waals surface area contributed by atoms with Crippen LogP contribution in [-0.4, -0.2) is 20.9 Å². The SMILES string of the molecule is CC(=O)c1sc(-c2cccnc2)nc1O.CCCc1ccc(Cl)c(Cl)c1. The summed E-state index contributed by atoms with van der Waals surface area (Å²) < 4.78 is 0. The number of ketones is 1. The molecule has 0 spiro atoms. The topological polar surface area (TPSA) is 63.1 Å². The predicted molar refractivity (Wildman–Crippen MR) is 107 cm³/mol. The van der Waals surface area contributed by atoms with Crippen LogP contribution in [0.1, 0.15) is 35.5 Å². The van der Waals surface area contributed by atoms with E-state index in [0.29, 0.717) is 15.1 Å². The Morgan fingerprint density at radius 1 is 1.23 bits per heavy atom. The normalized spacial score (nSPS) is 10.2. The van der Waals surface area contributed by atoms with Gasteiger partial charge in [-0.25, -0.2) is 4.98 Å². The maximum Gasteiger partial charge on any atom is 0.233 e. The second kappa shape index (κ2) is 9.67. The maximum atomic E-state index is 11.1. The molecule has 7 heteroatoms. The molecule has 2 aromatic heterocycles. The predicted octanol–water partition coefficient (Wildman–Crippen LogP) is 6.06. The standard InChI is InChI=1S/C10H8N2O2S.C9H10Cl2/c1-6(13)8-9(14)12-10(15-8)7-3-2-4-11-5-7;1-2-3-7-4-5-8(10)9(11)6-7/h2-5,14H,1H3;4-6H,2-3H2,1H3. The van der Waals surface area contributed by atoms with Crippen LogP contribution in [0.3, 0.4) is 0 Å². The number of aromatic nitrogens is 2. The number of aromatic hydroxyl groups is 1. The number of carbonyl (C=O) groups is 1. The van der Waals surface area contributed by atoms with Crippen molar-refractivity contribution in [2.75, 3.05) is 0 Å².